The minimum Gasteiger partial charge on any atom is -0.256 e. The normalized spacial score (nSPS) is 13.3. The van der Waals surface area contributed by atoms with Crippen molar-refractivity contribution in [3.05, 3.63) is 101 Å². The third kappa shape index (κ3) is 4.29. The van der Waals surface area contributed by atoms with Crippen molar-refractivity contribution in [2.45, 2.75) is 23.8 Å². The molecule has 32 heavy (non-hydrogen) atoms. The average molecular weight is 482 g/mol. The molecule has 164 valence electrons. The highest BCUT2D eigenvalue weighted by Crippen LogP contribution is 2.38. The molecule has 3 aromatic carbocycles. The number of fused-ring (bicyclic) bond motifs is 1. The third-order valence-corrected chi connectivity index (χ3v) is 8.93. The highest BCUT2D eigenvalue weighted by molar-refractivity contribution is 7.91. The largest absolute Gasteiger partial charge is 0.256 e. The molecule has 1 heterocycles. The van der Waals surface area contributed by atoms with Crippen molar-refractivity contribution in [2.75, 3.05) is 6.26 Å². The Morgan fingerprint density at radius 3 is 2.31 bits per heavy atom. The first-order valence-electron chi connectivity index (χ1n) is 10.2. The molecule has 0 saturated carbocycles. The molecule has 3 nitrogen and oxygen atoms in total. The maximum atomic E-state index is 12.5. The first-order chi connectivity index (χ1) is 15.1. The lowest BCUT2D eigenvalue weighted by molar-refractivity contribution is 0.561. The van der Waals surface area contributed by atoms with Crippen LogP contribution in [0.1, 0.15) is 35.8 Å². The summed E-state index contributed by atoms with van der Waals surface area (Å²) in [5.41, 5.74) is 5.44. The molecule has 1 aromatic heterocycles. The highest BCUT2D eigenvalue weighted by atomic mass is 35.5. The quantitative estimate of drug-likeness (QED) is 0.317. The molecule has 0 saturated heterocycles. The predicted octanol–water partition coefficient (Wildman–Crippen LogP) is 6.85. The minimum absolute atomic E-state index is 0.150. The molecule has 1 atom stereocenters. The highest BCUT2D eigenvalue weighted by Gasteiger charge is 2.33. The standard InChI is InChI=1S/C26H24ClNO2S2/c1-26(2,32(3,29)30)21-14-18-10-6-12-28-24(18)23(16-21)17-7-4-8-19(13-17)25(31)20-9-5-11-22(27)15-20/h4-16,25,31H,1-3H3. The van der Waals surface area contributed by atoms with Gasteiger partial charge in [-0.25, -0.2) is 8.42 Å². The van der Waals surface area contributed by atoms with Gasteiger partial charge in [0, 0.05) is 28.4 Å². The fourth-order valence-corrected chi connectivity index (χ4v) is 4.79. The van der Waals surface area contributed by atoms with Gasteiger partial charge in [0.1, 0.15) is 0 Å². The van der Waals surface area contributed by atoms with Gasteiger partial charge in [-0.05, 0) is 72.5 Å². The van der Waals surface area contributed by atoms with E-state index in [0.717, 1.165) is 38.7 Å². The van der Waals surface area contributed by atoms with E-state index in [1.54, 1.807) is 20.0 Å². The van der Waals surface area contributed by atoms with Crippen LogP contribution < -0.4 is 0 Å². The van der Waals surface area contributed by atoms with E-state index in [4.69, 9.17) is 24.2 Å². The Bertz CT molecular complexity index is 1410. The molecule has 0 fully saturated rings. The summed E-state index contributed by atoms with van der Waals surface area (Å²) in [5, 5.41) is 1.42. The van der Waals surface area contributed by atoms with Crippen LogP contribution in [0, 0.1) is 0 Å². The number of nitrogens with zero attached hydrogens (tertiary/aromatic N) is 1. The van der Waals surface area contributed by atoms with Crippen LogP contribution in [-0.4, -0.2) is 19.7 Å². The van der Waals surface area contributed by atoms with Crippen LogP contribution in [0.25, 0.3) is 22.0 Å². The zero-order valence-corrected chi connectivity index (χ0v) is 20.5. The Morgan fingerprint density at radius 2 is 1.62 bits per heavy atom. The molecule has 0 aliphatic heterocycles. The number of halogens is 1. The Hall–Kier alpha value is -2.34. The zero-order valence-electron chi connectivity index (χ0n) is 18.1. The van der Waals surface area contributed by atoms with Gasteiger partial charge >= 0.3 is 0 Å². The van der Waals surface area contributed by atoms with Crippen LogP contribution in [0.4, 0.5) is 0 Å². The lowest BCUT2D eigenvalue weighted by atomic mass is 9.92. The van der Waals surface area contributed by atoms with E-state index >= 15 is 0 Å². The van der Waals surface area contributed by atoms with Gasteiger partial charge in [0.15, 0.2) is 9.84 Å². The lowest BCUT2D eigenvalue weighted by Crippen LogP contribution is -2.28. The van der Waals surface area contributed by atoms with Gasteiger partial charge in [-0.1, -0.05) is 48.0 Å². The third-order valence-electron chi connectivity index (χ3n) is 6.00. The number of sulfone groups is 1. The topological polar surface area (TPSA) is 47.0 Å². The fourth-order valence-electron chi connectivity index (χ4n) is 3.72. The summed E-state index contributed by atoms with van der Waals surface area (Å²) >= 11 is 11.0. The van der Waals surface area contributed by atoms with E-state index in [0.29, 0.717) is 5.02 Å². The van der Waals surface area contributed by atoms with Crippen molar-refractivity contribution in [2.24, 2.45) is 0 Å². The van der Waals surface area contributed by atoms with Crippen molar-refractivity contribution < 1.29 is 8.42 Å². The summed E-state index contributed by atoms with van der Waals surface area (Å²) in [5.74, 6) is 0. The fraction of sp³-hybridized carbons (Fsp3) is 0.192. The molecular formula is C26H24ClNO2S2. The number of pyridine rings is 1. The van der Waals surface area contributed by atoms with Crippen molar-refractivity contribution >= 4 is 45.0 Å². The monoisotopic (exact) mass is 481 g/mol. The molecule has 1 unspecified atom stereocenters. The molecule has 4 aromatic rings. The molecule has 0 aliphatic rings. The summed E-state index contributed by atoms with van der Waals surface area (Å²) in [6, 6.07) is 23.5. The second kappa shape index (κ2) is 8.54. The first kappa shape index (κ1) is 22.8. The number of aromatic nitrogens is 1. The van der Waals surface area contributed by atoms with Gasteiger partial charge in [0.05, 0.1) is 15.5 Å². The summed E-state index contributed by atoms with van der Waals surface area (Å²) in [6.45, 7) is 3.48. The van der Waals surface area contributed by atoms with E-state index in [-0.39, 0.29) is 5.25 Å². The van der Waals surface area contributed by atoms with E-state index < -0.39 is 14.6 Å². The summed E-state index contributed by atoms with van der Waals surface area (Å²) < 4.78 is 24.0. The predicted molar refractivity (Wildman–Crippen MR) is 137 cm³/mol. The van der Waals surface area contributed by atoms with Gasteiger partial charge in [-0.3, -0.25) is 4.98 Å². The summed E-state index contributed by atoms with van der Waals surface area (Å²) in [7, 11) is -3.33. The average Bonchev–Trinajstić information content (AvgIpc) is 2.77. The Morgan fingerprint density at radius 1 is 0.938 bits per heavy atom. The maximum Gasteiger partial charge on any atom is 0.156 e. The zero-order chi connectivity index (χ0) is 23.1. The van der Waals surface area contributed by atoms with Crippen LogP contribution in [-0.2, 0) is 14.6 Å². The van der Waals surface area contributed by atoms with Crippen molar-refractivity contribution in [3.63, 3.8) is 0 Å². The molecule has 0 bridgehead atoms. The Kier molecular flexibility index (Phi) is 6.10. The molecule has 6 heteroatoms. The SMILES string of the molecule is CC(C)(c1cc(-c2cccc(C(S)c3cccc(Cl)c3)c2)c2ncccc2c1)S(C)(=O)=O. The number of hydrogen-bond donors (Lipinski definition) is 1. The molecular weight excluding hydrogens is 458 g/mol. The molecule has 0 spiro atoms. The second-order valence-electron chi connectivity index (χ2n) is 8.46. The molecule has 0 N–H and O–H groups in total. The smallest absolute Gasteiger partial charge is 0.156 e. The van der Waals surface area contributed by atoms with E-state index in [1.807, 2.05) is 66.7 Å². The van der Waals surface area contributed by atoms with Crippen molar-refractivity contribution in [1.29, 1.82) is 0 Å². The van der Waals surface area contributed by atoms with Crippen molar-refractivity contribution in [1.82, 2.24) is 4.98 Å². The van der Waals surface area contributed by atoms with Gasteiger partial charge in [0.2, 0.25) is 0 Å². The number of thiol groups is 1. The van der Waals surface area contributed by atoms with Gasteiger partial charge in [-0.15, -0.1) is 0 Å². The number of benzene rings is 3. The number of hydrogen-bond acceptors (Lipinski definition) is 4. The van der Waals surface area contributed by atoms with Gasteiger partial charge in [-0.2, -0.15) is 12.6 Å². The van der Waals surface area contributed by atoms with Crippen LogP contribution >= 0.6 is 24.2 Å². The second-order valence-corrected chi connectivity index (χ2v) is 12.0. The van der Waals surface area contributed by atoms with Crippen LogP contribution in [0.5, 0.6) is 0 Å². The summed E-state index contributed by atoms with van der Waals surface area (Å²) in [6.07, 6.45) is 3.03. The van der Waals surface area contributed by atoms with Crippen LogP contribution in [0.15, 0.2) is 79.0 Å². The van der Waals surface area contributed by atoms with E-state index in [9.17, 15) is 8.42 Å². The van der Waals surface area contributed by atoms with E-state index in [2.05, 4.69) is 11.1 Å². The molecule has 4 rings (SSSR count). The minimum atomic E-state index is -3.33. The molecule has 0 aliphatic carbocycles. The molecule has 0 amide bonds. The summed E-state index contributed by atoms with van der Waals surface area (Å²) in [4.78, 5) is 4.60. The first-order valence-corrected chi connectivity index (χ1v) is 13.0. The maximum absolute atomic E-state index is 12.5. The van der Waals surface area contributed by atoms with Crippen LogP contribution in [0.3, 0.4) is 0 Å². The Labute approximate surface area is 199 Å². The number of rotatable bonds is 5. The Balaban J connectivity index is 1.89. The van der Waals surface area contributed by atoms with Gasteiger partial charge in [0.25, 0.3) is 0 Å². The van der Waals surface area contributed by atoms with Crippen LogP contribution in [0.2, 0.25) is 5.02 Å². The van der Waals surface area contributed by atoms with Crippen molar-refractivity contribution in [3.8, 4) is 11.1 Å². The molecule has 0 radical (unpaired) electrons. The lowest BCUT2D eigenvalue weighted by Gasteiger charge is -2.24. The van der Waals surface area contributed by atoms with Gasteiger partial charge < -0.3 is 0 Å². The van der Waals surface area contributed by atoms with E-state index in [1.165, 1.54) is 6.26 Å².